The molecular weight excluding hydrogens is 272 g/mol. The highest BCUT2D eigenvalue weighted by Gasteiger charge is 2.14. The molecule has 0 aliphatic rings. The van der Waals surface area contributed by atoms with Crippen LogP contribution in [0.1, 0.15) is 37.4 Å². The molecule has 1 unspecified atom stereocenters. The Kier molecular flexibility index (Phi) is 5.44. The minimum absolute atomic E-state index is 0.00167. The van der Waals surface area contributed by atoms with E-state index in [4.69, 9.17) is 0 Å². The standard InChI is InChI=1S/C16H21F2N3/c1-3-5-21-11-13(10-20-21)16(19-4-2)8-12-6-14(17)9-15(18)7-12/h6-7,9-11,16,19H,3-5,8H2,1-2H3. The lowest BCUT2D eigenvalue weighted by atomic mass is 10.0. The van der Waals surface area contributed by atoms with E-state index in [1.165, 1.54) is 12.1 Å². The van der Waals surface area contributed by atoms with Crippen molar-refractivity contribution in [1.82, 2.24) is 15.1 Å². The molecule has 0 bridgehead atoms. The van der Waals surface area contributed by atoms with Gasteiger partial charge < -0.3 is 5.32 Å². The first-order chi connectivity index (χ1) is 10.1. The number of nitrogens with zero attached hydrogens (tertiary/aromatic N) is 2. The second kappa shape index (κ2) is 7.31. The number of halogens is 2. The van der Waals surface area contributed by atoms with Crippen LogP contribution in [0, 0.1) is 11.6 Å². The molecule has 1 atom stereocenters. The molecule has 1 heterocycles. The number of aryl methyl sites for hydroxylation is 1. The monoisotopic (exact) mass is 293 g/mol. The highest BCUT2D eigenvalue weighted by atomic mass is 19.1. The molecule has 0 amide bonds. The molecule has 1 N–H and O–H groups in total. The molecule has 114 valence electrons. The average molecular weight is 293 g/mol. The fraction of sp³-hybridized carbons (Fsp3) is 0.438. The Bertz CT molecular complexity index is 560. The van der Waals surface area contributed by atoms with E-state index in [9.17, 15) is 8.78 Å². The predicted molar refractivity (Wildman–Crippen MR) is 79.0 cm³/mol. The Morgan fingerprint density at radius 1 is 1.19 bits per heavy atom. The molecule has 0 aliphatic carbocycles. The summed E-state index contributed by atoms with van der Waals surface area (Å²) in [7, 11) is 0. The Hall–Kier alpha value is -1.75. The summed E-state index contributed by atoms with van der Waals surface area (Å²) in [5.41, 5.74) is 1.68. The maximum absolute atomic E-state index is 13.3. The molecule has 0 fully saturated rings. The lowest BCUT2D eigenvalue weighted by Gasteiger charge is -2.16. The van der Waals surface area contributed by atoms with E-state index in [0.717, 1.165) is 31.1 Å². The van der Waals surface area contributed by atoms with Crippen LogP contribution in [0.3, 0.4) is 0 Å². The fourth-order valence-corrected chi connectivity index (χ4v) is 2.43. The van der Waals surface area contributed by atoms with Gasteiger partial charge in [-0.15, -0.1) is 0 Å². The Morgan fingerprint density at radius 2 is 1.90 bits per heavy atom. The van der Waals surface area contributed by atoms with Crippen molar-refractivity contribution >= 4 is 0 Å². The SMILES string of the molecule is CCCn1cc(C(Cc2cc(F)cc(F)c2)NCC)cn1. The van der Waals surface area contributed by atoms with Gasteiger partial charge in [-0.3, -0.25) is 4.68 Å². The van der Waals surface area contributed by atoms with Gasteiger partial charge in [-0.2, -0.15) is 5.10 Å². The second-order valence-corrected chi connectivity index (χ2v) is 5.13. The van der Waals surface area contributed by atoms with Crippen LogP contribution in [-0.2, 0) is 13.0 Å². The zero-order chi connectivity index (χ0) is 15.2. The molecule has 5 heteroatoms. The van der Waals surface area contributed by atoms with E-state index in [0.29, 0.717) is 12.0 Å². The first-order valence-electron chi connectivity index (χ1n) is 7.33. The molecule has 0 aliphatic heterocycles. The van der Waals surface area contributed by atoms with Crippen LogP contribution >= 0.6 is 0 Å². The number of nitrogens with one attached hydrogen (secondary N) is 1. The van der Waals surface area contributed by atoms with Gasteiger partial charge in [-0.1, -0.05) is 13.8 Å². The quantitative estimate of drug-likeness (QED) is 0.847. The van der Waals surface area contributed by atoms with Crippen molar-refractivity contribution in [1.29, 1.82) is 0 Å². The molecule has 21 heavy (non-hydrogen) atoms. The van der Waals surface area contributed by atoms with E-state index < -0.39 is 11.6 Å². The Morgan fingerprint density at radius 3 is 2.52 bits per heavy atom. The van der Waals surface area contributed by atoms with Crippen molar-refractivity contribution in [2.45, 2.75) is 39.3 Å². The van der Waals surface area contributed by atoms with E-state index in [1.54, 1.807) is 0 Å². The Labute approximate surface area is 124 Å². The summed E-state index contributed by atoms with van der Waals surface area (Å²) in [6.07, 6.45) is 5.35. The van der Waals surface area contributed by atoms with Gasteiger partial charge in [-0.25, -0.2) is 8.78 Å². The largest absolute Gasteiger partial charge is 0.310 e. The van der Waals surface area contributed by atoms with Gasteiger partial charge >= 0.3 is 0 Å². The molecule has 0 radical (unpaired) electrons. The third kappa shape index (κ3) is 4.36. The van der Waals surface area contributed by atoms with Crippen LogP contribution in [0.4, 0.5) is 8.78 Å². The van der Waals surface area contributed by atoms with Gasteiger partial charge in [0.1, 0.15) is 11.6 Å². The van der Waals surface area contributed by atoms with Crippen molar-refractivity contribution in [2.75, 3.05) is 6.54 Å². The van der Waals surface area contributed by atoms with Crippen LogP contribution < -0.4 is 5.32 Å². The van der Waals surface area contributed by atoms with Crippen LogP contribution in [0.2, 0.25) is 0 Å². The van der Waals surface area contributed by atoms with Crippen molar-refractivity contribution in [3.63, 3.8) is 0 Å². The van der Waals surface area contributed by atoms with Crippen LogP contribution in [0.25, 0.3) is 0 Å². The van der Waals surface area contributed by atoms with E-state index in [1.807, 2.05) is 24.0 Å². The maximum atomic E-state index is 13.3. The molecule has 0 saturated carbocycles. The Balaban J connectivity index is 2.17. The second-order valence-electron chi connectivity index (χ2n) is 5.13. The first kappa shape index (κ1) is 15.6. The van der Waals surface area contributed by atoms with Gasteiger partial charge in [0.05, 0.1) is 6.20 Å². The van der Waals surface area contributed by atoms with Crippen molar-refractivity contribution in [3.8, 4) is 0 Å². The van der Waals surface area contributed by atoms with Gasteiger partial charge in [0.25, 0.3) is 0 Å². The van der Waals surface area contributed by atoms with Crippen molar-refractivity contribution < 1.29 is 8.78 Å². The zero-order valence-corrected chi connectivity index (χ0v) is 12.4. The smallest absolute Gasteiger partial charge is 0.126 e. The summed E-state index contributed by atoms with van der Waals surface area (Å²) < 4.78 is 28.5. The van der Waals surface area contributed by atoms with E-state index in [-0.39, 0.29) is 6.04 Å². The van der Waals surface area contributed by atoms with Gasteiger partial charge in [0.2, 0.25) is 0 Å². The maximum Gasteiger partial charge on any atom is 0.126 e. The molecule has 1 aromatic carbocycles. The van der Waals surface area contributed by atoms with Crippen molar-refractivity contribution in [2.24, 2.45) is 0 Å². The summed E-state index contributed by atoms with van der Waals surface area (Å²) in [6, 6.07) is 3.65. The molecule has 1 aromatic heterocycles. The number of benzene rings is 1. The van der Waals surface area contributed by atoms with E-state index in [2.05, 4.69) is 17.3 Å². The molecule has 3 nitrogen and oxygen atoms in total. The minimum Gasteiger partial charge on any atom is -0.310 e. The van der Waals surface area contributed by atoms with Crippen LogP contribution in [0.15, 0.2) is 30.6 Å². The van der Waals surface area contributed by atoms with E-state index >= 15 is 0 Å². The molecule has 0 saturated heterocycles. The third-order valence-electron chi connectivity index (χ3n) is 3.32. The number of likely N-dealkylation sites (N-methyl/N-ethyl adjacent to an activating group) is 1. The number of rotatable bonds is 7. The zero-order valence-electron chi connectivity index (χ0n) is 12.4. The average Bonchev–Trinajstić information content (AvgIpc) is 2.86. The predicted octanol–water partition coefficient (Wildman–Crippen LogP) is 3.46. The number of hydrogen-bond donors (Lipinski definition) is 1. The van der Waals surface area contributed by atoms with Crippen LogP contribution in [-0.4, -0.2) is 16.3 Å². The summed E-state index contributed by atoms with van der Waals surface area (Å²) >= 11 is 0. The molecule has 2 aromatic rings. The highest BCUT2D eigenvalue weighted by Crippen LogP contribution is 2.19. The number of aromatic nitrogens is 2. The summed E-state index contributed by atoms with van der Waals surface area (Å²) in [6.45, 7) is 5.75. The van der Waals surface area contributed by atoms with Crippen LogP contribution in [0.5, 0.6) is 0 Å². The van der Waals surface area contributed by atoms with Gasteiger partial charge in [0.15, 0.2) is 0 Å². The molecule has 2 rings (SSSR count). The topological polar surface area (TPSA) is 29.9 Å². The summed E-state index contributed by atoms with van der Waals surface area (Å²) in [5.74, 6) is -1.08. The highest BCUT2D eigenvalue weighted by molar-refractivity contribution is 5.22. The number of hydrogen-bond acceptors (Lipinski definition) is 2. The van der Waals surface area contributed by atoms with Gasteiger partial charge in [-0.05, 0) is 37.1 Å². The summed E-state index contributed by atoms with van der Waals surface area (Å²) in [5, 5.41) is 7.66. The minimum atomic E-state index is -0.540. The normalized spacial score (nSPS) is 12.6. The first-order valence-corrected chi connectivity index (χ1v) is 7.33. The lowest BCUT2D eigenvalue weighted by molar-refractivity contribution is 0.537. The van der Waals surface area contributed by atoms with Gasteiger partial charge in [0, 0.05) is 30.4 Å². The molecule has 0 spiro atoms. The van der Waals surface area contributed by atoms with Crippen molar-refractivity contribution in [3.05, 3.63) is 53.4 Å². The molecular formula is C16H21F2N3. The lowest BCUT2D eigenvalue weighted by Crippen LogP contribution is -2.22. The fourth-order valence-electron chi connectivity index (χ4n) is 2.43. The summed E-state index contributed by atoms with van der Waals surface area (Å²) in [4.78, 5) is 0. The third-order valence-corrected chi connectivity index (χ3v) is 3.32.